The minimum absolute atomic E-state index is 0.0587. The second-order valence-electron chi connectivity index (χ2n) is 7.59. The van der Waals surface area contributed by atoms with Gasteiger partial charge in [-0.15, -0.1) is 0 Å². The lowest BCUT2D eigenvalue weighted by atomic mass is 10.2. The molecule has 1 radical (unpaired) electrons. The molecule has 2 aromatic rings. The summed E-state index contributed by atoms with van der Waals surface area (Å²) < 4.78 is 12.1. The summed E-state index contributed by atoms with van der Waals surface area (Å²) in [4.78, 5) is 0. The minimum Gasteiger partial charge on any atom is -0.373 e. The van der Waals surface area contributed by atoms with E-state index in [1.807, 2.05) is 57.2 Å². The van der Waals surface area contributed by atoms with Crippen LogP contribution >= 0.6 is 0 Å². The second-order valence-corrected chi connectivity index (χ2v) is 10.3. The maximum atomic E-state index is 11.4. The molecule has 1 unspecified atom stereocenters. The SMILES string of the molecule is CC(C)(C)OC[C@@H]1CCC(O)([Si](c2ccccc2)c2ccccc2)O1. The Morgan fingerprint density at radius 2 is 1.56 bits per heavy atom. The van der Waals surface area contributed by atoms with Gasteiger partial charge in [-0.05, 0) is 27.2 Å². The molecule has 1 heterocycles. The van der Waals surface area contributed by atoms with Gasteiger partial charge in [0.05, 0.1) is 18.3 Å². The van der Waals surface area contributed by atoms with Crippen molar-refractivity contribution in [1.29, 1.82) is 0 Å². The van der Waals surface area contributed by atoms with Gasteiger partial charge in [0.15, 0.2) is 14.2 Å². The molecule has 1 fully saturated rings. The van der Waals surface area contributed by atoms with Crippen molar-refractivity contribution in [2.24, 2.45) is 0 Å². The van der Waals surface area contributed by atoms with Crippen molar-refractivity contribution in [3.63, 3.8) is 0 Å². The van der Waals surface area contributed by atoms with Crippen molar-refractivity contribution < 1.29 is 14.6 Å². The van der Waals surface area contributed by atoms with Crippen LogP contribution in [0.1, 0.15) is 33.6 Å². The van der Waals surface area contributed by atoms with E-state index in [9.17, 15) is 5.11 Å². The van der Waals surface area contributed by atoms with E-state index in [4.69, 9.17) is 9.47 Å². The van der Waals surface area contributed by atoms with Crippen LogP contribution in [0.25, 0.3) is 0 Å². The molecule has 0 bridgehead atoms. The van der Waals surface area contributed by atoms with Crippen LogP contribution in [-0.4, -0.2) is 37.6 Å². The fourth-order valence-corrected chi connectivity index (χ4v) is 6.19. The minimum atomic E-state index is -1.48. The van der Waals surface area contributed by atoms with E-state index in [0.29, 0.717) is 13.0 Å². The lowest BCUT2D eigenvalue weighted by Gasteiger charge is -2.32. The maximum absolute atomic E-state index is 11.4. The molecule has 3 rings (SSSR count). The lowest BCUT2D eigenvalue weighted by Crippen LogP contribution is -2.60. The van der Waals surface area contributed by atoms with Gasteiger partial charge in [-0.1, -0.05) is 71.0 Å². The van der Waals surface area contributed by atoms with E-state index in [2.05, 4.69) is 24.3 Å². The van der Waals surface area contributed by atoms with Crippen LogP contribution in [0.5, 0.6) is 0 Å². The number of hydrogen-bond donors (Lipinski definition) is 1. The van der Waals surface area contributed by atoms with E-state index >= 15 is 0 Å². The van der Waals surface area contributed by atoms with Crippen molar-refractivity contribution in [3.05, 3.63) is 60.7 Å². The molecule has 1 aliphatic heterocycles. The van der Waals surface area contributed by atoms with E-state index in [1.54, 1.807) is 0 Å². The fourth-order valence-electron chi connectivity index (χ4n) is 3.22. The number of hydrogen-bond acceptors (Lipinski definition) is 3. The van der Waals surface area contributed by atoms with Gasteiger partial charge in [-0.3, -0.25) is 0 Å². The summed E-state index contributed by atoms with van der Waals surface area (Å²) in [5.74, 6) is 0. The molecule has 0 aromatic heterocycles. The third kappa shape index (κ3) is 4.58. The third-order valence-electron chi connectivity index (χ3n) is 4.38. The molecule has 2 aromatic carbocycles. The summed E-state index contributed by atoms with van der Waals surface area (Å²) in [5, 5.41) is 13.8. The van der Waals surface area contributed by atoms with Gasteiger partial charge in [-0.25, -0.2) is 0 Å². The average molecular weight is 356 g/mol. The van der Waals surface area contributed by atoms with Crippen LogP contribution in [0.3, 0.4) is 0 Å². The Morgan fingerprint density at radius 1 is 1.04 bits per heavy atom. The Hall–Kier alpha value is -1.46. The molecular weight excluding hydrogens is 328 g/mol. The lowest BCUT2D eigenvalue weighted by molar-refractivity contribution is -0.155. The summed E-state index contributed by atoms with van der Waals surface area (Å²) in [6, 6.07) is 20.5. The monoisotopic (exact) mass is 355 g/mol. The molecule has 1 aliphatic rings. The molecular formula is C21H27O3Si. The first-order valence-corrected chi connectivity index (χ1v) is 10.4. The van der Waals surface area contributed by atoms with Crippen LogP contribution in [-0.2, 0) is 9.47 Å². The summed E-state index contributed by atoms with van der Waals surface area (Å²) in [6.07, 6.45) is 1.40. The summed E-state index contributed by atoms with van der Waals surface area (Å²) in [5.41, 5.74) is -1.31. The predicted molar refractivity (Wildman–Crippen MR) is 103 cm³/mol. The largest absolute Gasteiger partial charge is 0.373 e. The Kier molecular flexibility index (Phi) is 5.44. The zero-order valence-corrected chi connectivity index (χ0v) is 16.2. The highest BCUT2D eigenvalue weighted by Crippen LogP contribution is 2.31. The molecule has 0 aliphatic carbocycles. The fraction of sp³-hybridized carbons (Fsp3) is 0.429. The Balaban J connectivity index is 1.84. The van der Waals surface area contributed by atoms with Gasteiger partial charge in [0.1, 0.15) is 0 Å². The van der Waals surface area contributed by atoms with Gasteiger partial charge in [0.2, 0.25) is 0 Å². The third-order valence-corrected chi connectivity index (χ3v) is 7.36. The van der Waals surface area contributed by atoms with Crippen LogP contribution < -0.4 is 10.4 Å². The molecule has 0 saturated carbocycles. The number of aliphatic hydroxyl groups is 1. The first-order chi connectivity index (χ1) is 11.9. The van der Waals surface area contributed by atoms with Crippen molar-refractivity contribution in [3.8, 4) is 0 Å². The molecule has 0 spiro atoms. The normalized spacial score (nSPS) is 24.0. The smallest absolute Gasteiger partial charge is 0.194 e. The summed E-state index contributed by atoms with van der Waals surface area (Å²) in [6.45, 7) is 6.64. The first kappa shape index (κ1) is 18.3. The molecule has 4 heteroatoms. The standard InChI is InChI=1S/C21H27O3Si/c1-20(2,3)23-16-17-14-15-21(22,24-17)25(18-10-6-4-7-11-18)19-12-8-5-9-13-19/h4-13,17,22H,14-16H2,1-3H3/t17-,21?/m0/s1. The zero-order chi connectivity index (χ0) is 17.9. The zero-order valence-electron chi connectivity index (χ0n) is 15.2. The van der Waals surface area contributed by atoms with Gasteiger partial charge in [-0.2, -0.15) is 0 Å². The van der Waals surface area contributed by atoms with E-state index < -0.39 is 14.2 Å². The number of benzene rings is 2. The van der Waals surface area contributed by atoms with Crippen molar-refractivity contribution in [1.82, 2.24) is 0 Å². The summed E-state index contributed by atoms with van der Waals surface area (Å²) >= 11 is 0. The Labute approximate surface area is 152 Å². The highest BCUT2D eigenvalue weighted by molar-refractivity contribution is 6.87. The molecule has 1 N–H and O–H groups in total. The molecule has 3 nitrogen and oxygen atoms in total. The first-order valence-electron chi connectivity index (χ1n) is 8.90. The van der Waals surface area contributed by atoms with Crippen LogP contribution in [0.4, 0.5) is 0 Å². The van der Waals surface area contributed by atoms with Gasteiger partial charge < -0.3 is 14.6 Å². The molecule has 2 atom stereocenters. The quantitative estimate of drug-likeness (QED) is 0.838. The van der Waals surface area contributed by atoms with Crippen molar-refractivity contribution in [2.75, 3.05) is 6.61 Å². The molecule has 25 heavy (non-hydrogen) atoms. The van der Waals surface area contributed by atoms with Crippen LogP contribution in [0.15, 0.2) is 60.7 Å². The Bertz CT molecular complexity index is 629. The average Bonchev–Trinajstić information content (AvgIpc) is 2.97. The van der Waals surface area contributed by atoms with Crippen LogP contribution in [0.2, 0.25) is 0 Å². The highest BCUT2D eigenvalue weighted by Gasteiger charge is 2.48. The van der Waals surface area contributed by atoms with E-state index in [-0.39, 0.29) is 11.7 Å². The molecule has 1 saturated heterocycles. The van der Waals surface area contributed by atoms with E-state index in [1.165, 1.54) is 10.4 Å². The van der Waals surface area contributed by atoms with E-state index in [0.717, 1.165) is 6.42 Å². The van der Waals surface area contributed by atoms with Gasteiger partial charge in [0, 0.05) is 6.42 Å². The highest BCUT2D eigenvalue weighted by atomic mass is 28.3. The number of ether oxygens (including phenoxy) is 2. The topological polar surface area (TPSA) is 38.7 Å². The number of rotatable bonds is 5. The second kappa shape index (κ2) is 7.42. The van der Waals surface area contributed by atoms with Crippen LogP contribution in [0, 0.1) is 0 Å². The molecule has 133 valence electrons. The van der Waals surface area contributed by atoms with Gasteiger partial charge >= 0.3 is 0 Å². The summed E-state index contributed by atoms with van der Waals surface area (Å²) in [7, 11) is -1.48. The van der Waals surface area contributed by atoms with Crippen molar-refractivity contribution >= 4 is 19.2 Å². The maximum Gasteiger partial charge on any atom is 0.194 e. The predicted octanol–water partition coefficient (Wildman–Crippen LogP) is 2.52. The molecule has 0 amide bonds. The van der Waals surface area contributed by atoms with Crippen molar-refractivity contribution in [2.45, 2.75) is 50.7 Å². The van der Waals surface area contributed by atoms with Gasteiger partial charge in [0.25, 0.3) is 0 Å². The Morgan fingerprint density at radius 3 is 2.04 bits per heavy atom.